The number of nitrogens with one attached hydrogen (secondary N) is 3. The van der Waals surface area contributed by atoms with Gasteiger partial charge < -0.3 is 41.5 Å². The fourth-order valence-corrected chi connectivity index (χ4v) is 5.17. The first-order valence-corrected chi connectivity index (χ1v) is 13.8. The molecule has 0 saturated carbocycles. The minimum atomic E-state index is -1.29. The predicted octanol–water partition coefficient (Wildman–Crippen LogP) is 2.53. The normalized spacial score (nSPS) is 18.9. The van der Waals surface area contributed by atoms with E-state index in [1.54, 1.807) is 0 Å². The van der Waals surface area contributed by atoms with Crippen molar-refractivity contribution in [1.82, 2.24) is 16.0 Å². The highest BCUT2D eigenvalue weighted by Crippen LogP contribution is 2.40. The summed E-state index contributed by atoms with van der Waals surface area (Å²) < 4.78 is 0. The van der Waals surface area contributed by atoms with Crippen molar-refractivity contribution >= 4 is 6.03 Å². The van der Waals surface area contributed by atoms with Crippen molar-refractivity contribution in [3.05, 3.63) is 0 Å². The lowest BCUT2D eigenvalue weighted by molar-refractivity contribution is -0.0339. The Balaban J connectivity index is 5.53. The highest BCUT2D eigenvalue weighted by molar-refractivity contribution is 5.75. The highest BCUT2D eigenvalue weighted by atomic mass is 16.4. The number of aliphatic hydroxyl groups excluding tert-OH is 5. The van der Waals surface area contributed by atoms with Gasteiger partial charge in [0, 0.05) is 25.0 Å². The summed E-state index contributed by atoms with van der Waals surface area (Å²) in [5, 5.41) is 59.7. The van der Waals surface area contributed by atoms with E-state index in [-0.39, 0.29) is 30.3 Å². The molecule has 0 aromatic carbocycles. The molecule has 0 spiro atoms. The van der Waals surface area contributed by atoms with Crippen LogP contribution >= 0.6 is 0 Å². The third-order valence-electron chi connectivity index (χ3n) is 7.47. The van der Waals surface area contributed by atoms with Crippen molar-refractivity contribution in [1.29, 1.82) is 0 Å². The van der Waals surface area contributed by atoms with Crippen LogP contribution in [0.4, 0.5) is 4.79 Å². The molecule has 2 amide bonds. The van der Waals surface area contributed by atoms with Crippen molar-refractivity contribution in [3.8, 4) is 0 Å². The molecule has 0 bridgehead atoms. The van der Waals surface area contributed by atoms with Crippen molar-refractivity contribution in [3.63, 3.8) is 0 Å². The summed E-state index contributed by atoms with van der Waals surface area (Å²) in [5.41, 5.74) is -0.852. The van der Waals surface area contributed by atoms with E-state index in [4.69, 9.17) is 5.11 Å². The van der Waals surface area contributed by atoms with E-state index in [1.165, 1.54) is 0 Å². The molecule has 222 valence electrons. The second kappa shape index (κ2) is 15.0. The van der Waals surface area contributed by atoms with E-state index in [0.29, 0.717) is 0 Å². The first-order chi connectivity index (χ1) is 16.7. The maximum atomic E-state index is 13.0. The molecule has 6 atom stereocenters. The molecule has 0 fully saturated rings. The van der Waals surface area contributed by atoms with Crippen LogP contribution in [-0.2, 0) is 0 Å². The Morgan fingerprint density at radius 2 is 1.35 bits per heavy atom. The molecular formula is C28H59N3O6. The van der Waals surface area contributed by atoms with Gasteiger partial charge in [-0.1, -0.05) is 61.8 Å². The van der Waals surface area contributed by atoms with Gasteiger partial charge in [-0.3, -0.25) is 0 Å². The quantitative estimate of drug-likeness (QED) is 0.143. The first-order valence-electron chi connectivity index (χ1n) is 13.8. The summed E-state index contributed by atoms with van der Waals surface area (Å²) in [6.45, 7) is 20.2. The van der Waals surface area contributed by atoms with Crippen LogP contribution in [0.15, 0.2) is 0 Å². The summed E-state index contributed by atoms with van der Waals surface area (Å²) in [4.78, 5) is 13.0. The van der Waals surface area contributed by atoms with Crippen LogP contribution in [-0.4, -0.2) is 87.3 Å². The molecule has 0 saturated heterocycles. The summed E-state index contributed by atoms with van der Waals surface area (Å²) in [5.74, 6) is 0. The van der Waals surface area contributed by atoms with E-state index in [0.717, 1.165) is 25.7 Å². The summed E-state index contributed by atoms with van der Waals surface area (Å²) in [6, 6.07) is -1.19. The topological polar surface area (TPSA) is 154 Å². The van der Waals surface area contributed by atoms with Gasteiger partial charge in [0.25, 0.3) is 0 Å². The van der Waals surface area contributed by atoms with Gasteiger partial charge in [0.2, 0.25) is 0 Å². The maximum Gasteiger partial charge on any atom is 0.315 e. The standard InChI is InChI=1S/C28H59N3O6/c1-11-26(6,7)18-27(8,9)31-24(37)30-19(14-29-15-21(34)22(35)16-32)20(33)13-23(36)28(10,12-2)17-25(3,4)5/h19-23,29,32-36H,11-18H2,1-10H3,(H2,30,31,37). The number of rotatable bonds is 17. The number of urea groups is 1. The molecule has 0 aliphatic carbocycles. The van der Waals surface area contributed by atoms with E-state index < -0.39 is 54.0 Å². The van der Waals surface area contributed by atoms with E-state index in [1.807, 2.05) is 27.7 Å². The minimum Gasteiger partial charge on any atom is -0.394 e. The number of carbonyl (C=O) groups is 1. The van der Waals surface area contributed by atoms with Crippen LogP contribution < -0.4 is 16.0 Å². The molecule has 9 nitrogen and oxygen atoms in total. The lowest BCUT2D eigenvalue weighted by atomic mass is 9.69. The molecule has 0 aliphatic rings. The largest absolute Gasteiger partial charge is 0.394 e. The van der Waals surface area contributed by atoms with Crippen molar-refractivity contribution in [2.45, 2.75) is 137 Å². The van der Waals surface area contributed by atoms with Crippen LogP contribution in [0.3, 0.4) is 0 Å². The second-order valence-electron chi connectivity index (χ2n) is 13.8. The third-order valence-corrected chi connectivity index (χ3v) is 7.47. The number of carbonyl (C=O) groups excluding carboxylic acids is 1. The monoisotopic (exact) mass is 533 g/mol. The van der Waals surface area contributed by atoms with Crippen LogP contribution in [0.25, 0.3) is 0 Å². The summed E-state index contributed by atoms with van der Waals surface area (Å²) in [7, 11) is 0. The summed E-state index contributed by atoms with van der Waals surface area (Å²) >= 11 is 0. The molecule has 0 rings (SSSR count). The Hall–Kier alpha value is -0.970. The number of hydrogen-bond donors (Lipinski definition) is 8. The van der Waals surface area contributed by atoms with Crippen molar-refractivity contribution in [2.24, 2.45) is 16.2 Å². The molecule has 6 unspecified atom stereocenters. The van der Waals surface area contributed by atoms with Crippen molar-refractivity contribution in [2.75, 3.05) is 19.7 Å². The number of aliphatic hydroxyl groups is 5. The third kappa shape index (κ3) is 14.1. The van der Waals surface area contributed by atoms with Gasteiger partial charge in [-0.15, -0.1) is 0 Å². The SMILES string of the molecule is CCC(C)(C)CC(C)(C)NC(=O)NC(CNCC(O)C(O)CO)C(O)CC(O)C(C)(CC)CC(C)(C)C. The number of amides is 2. The lowest BCUT2D eigenvalue weighted by Crippen LogP contribution is -2.58. The Labute approximate surface area is 225 Å². The Bertz CT molecular complexity index is 667. The molecule has 0 radical (unpaired) electrons. The van der Waals surface area contributed by atoms with Crippen LogP contribution in [0.2, 0.25) is 0 Å². The predicted molar refractivity (Wildman–Crippen MR) is 149 cm³/mol. The average molecular weight is 534 g/mol. The Kier molecular flexibility index (Phi) is 14.6. The van der Waals surface area contributed by atoms with Gasteiger partial charge >= 0.3 is 6.03 Å². The lowest BCUT2D eigenvalue weighted by Gasteiger charge is -2.40. The molecule has 0 heterocycles. The molecule has 37 heavy (non-hydrogen) atoms. The maximum absolute atomic E-state index is 13.0. The van der Waals surface area contributed by atoms with Gasteiger partial charge in [-0.25, -0.2) is 4.79 Å². The van der Waals surface area contributed by atoms with Crippen LogP contribution in [0.5, 0.6) is 0 Å². The first kappa shape index (κ1) is 36.0. The highest BCUT2D eigenvalue weighted by Gasteiger charge is 2.38. The van der Waals surface area contributed by atoms with Crippen LogP contribution in [0, 0.1) is 16.2 Å². The fourth-order valence-electron chi connectivity index (χ4n) is 5.17. The van der Waals surface area contributed by atoms with Gasteiger partial charge in [-0.2, -0.15) is 0 Å². The fraction of sp³-hybridized carbons (Fsp3) is 0.964. The van der Waals surface area contributed by atoms with Crippen molar-refractivity contribution < 1.29 is 30.3 Å². The van der Waals surface area contributed by atoms with E-state index in [2.05, 4.69) is 57.5 Å². The zero-order valence-electron chi connectivity index (χ0n) is 25.2. The average Bonchev–Trinajstić information content (AvgIpc) is 2.74. The molecule has 9 heteroatoms. The van der Waals surface area contributed by atoms with Gasteiger partial charge in [-0.05, 0) is 49.4 Å². The molecule has 0 aliphatic heterocycles. The smallest absolute Gasteiger partial charge is 0.315 e. The number of hydrogen-bond acceptors (Lipinski definition) is 7. The zero-order valence-corrected chi connectivity index (χ0v) is 25.2. The minimum absolute atomic E-state index is 0.00266. The molecular weight excluding hydrogens is 474 g/mol. The van der Waals surface area contributed by atoms with E-state index >= 15 is 0 Å². The molecule has 0 aromatic heterocycles. The molecule has 8 N–H and O–H groups in total. The summed E-state index contributed by atoms with van der Waals surface area (Å²) in [6.07, 6.45) is -1.03. The Morgan fingerprint density at radius 3 is 1.81 bits per heavy atom. The van der Waals surface area contributed by atoms with E-state index in [9.17, 15) is 25.2 Å². The van der Waals surface area contributed by atoms with Gasteiger partial charge in [0.1, 0.15) is 6.10 Å². The van der Waals surface area contributed by atoms with Gasteiger partial charge in [0.15, 0.2) is 0 Å². The second-order valence-corrected chi connectivity index (χ2v) is 13.8. The Morgan fingerprint density at radius 1 is 0.784 bits per heavy atom. The van der Waals surface area contributed by atoms with Crippen LogP contribution in [0.1, 0.15) is 101 Å². The van der Waals surface area contributed by atoms with Gasteiger partial charge in [0.05, 0.1) is 31.0 Å². The molecule has 0 aromatic rings. The zero-order chi connectivity index (χ0) is 29.2.